The molecule has 1 aromatic carbocycles. The van der Waals surface area contributed by atoms with Crippen LogP contribution in [0.15, 0.2) is 36.9 Å². The molecule has 1 fully saturated rings. The number of aryl methyl sites for hydroxylation is 1. The topological polar surface area (TPSA) is 9.23 Å². The Morgan fingerprint density at radius 2 is 1.67 bits per heavy atom. The summed E-state index contributed by atoms with van der Waals surface area (Å²) in [5.74, 6) is 0.769. The Morgan fingerprint density at radius 3 is 2.30 bits per heavy atom. The van der Waals surface area contributed by atoms with E-state index in [2.05, 4.69) is 13.5 Å². The SMILES string of the molecule is C=CCCC1CCC(CC(F)(F)OCc2ccc(CCCCC)cc2)CC1. The summed E-state index contributed by atoms with van der Waals surface area (Å²) >= 11 is 0. The number of unbranched alkanes of at least 4 members (excludes halogenated alkanes) is 2. The van der Waals surface area contributed by atoms with E-state index in [4.69, 9.17) is 4.74 Å². The standard InChI is InChI=1S/C24H36F2O/c1-3-5-7-9-21-12-16-23(17-13-21)19-27-24(25,26)18-22-14-10-20(11-15-22)8-6-4-2/h4,12-13,16-17,20,22H,2-3,5-11,14-15,18-19H2,1H3. The second-order valence-corrected chi connectivity index (χ2v) is 8.16. The predicted molar refractivity (Wildman–Crippen MR) is 109 cm³/mol. The highest BCUT2D eigenvalue weighted by Crippen LogP contribution is 2.38. The molecule has 0 saturated heterocycles. The van der Waals surface area contributed by atoms with Crippen LogP contribution in [0.3, 0.4) is 0 Å². The first-order valence-electron chi connectivity index (χ1n) is 10.7. The van der Waals surface area contributed by atoms with Gasteiger partial charge in [-0.05, 0) is 61.5 Å². The zero-order chi connectivity index (χ0) is 19.5. The monoisotopic (exact) mass is 378 g/mol. The van der Waals surface area contributed by atoms with E-state index in [9.17, 15) is 8.78 Å². The molecular weight excluding hydrogens is 342 g/mol. The minimum atomic E-state index is -3.03. The average Bonchev–Trinajstić information content (AvgIpc) is 2.67. The number of hydrogen-bond acceptors (Lipinski definition) is 1. The molecule has 27 heavy (non-hydrogen) atoms. The summed E-state index contributed by atoms with van der Waals surface area (Å²) in [5, 5.41) is 0. The molecule has 152 valence electrons. The molecule has 1 aliphatic rings. The fraction of sp³-hybridized carbons (Fsp3) is 0.667. The molecule has 0 heterocycles. The van der Waals surface area contributed by atoms with Gasteiger partial charge in [0.05, 0.1) is 6.61 Å². The van der Waals surface area contributed by atoms with Gasteiger partial charge in [-0.25, -0.2) is 0 Å². The third-order valence-corrected chi connectivity index (χ3v) is 5.81. The molecule has 0 N–H and O–H groups in total. The Hall–Kier alpha value is -1.22. The van der Waals surface area contributed by atoms with E-state index in [1.807, 2.05) is 30.3 Å². The Labute approximate surface area is 164 Å². The quantitative estimate of drug-likeness (QED) is 0.267. The van der Waals surface area contributed by atoms with Crippen molar-refractivity contribution < 1.29 is 13.5 Å². The number of allylic oxidation sites excluding steroid dienone is 1. The normalized spacial score (nSPS) is 20.6. The number of ether oxygens (including phenoxy) is 1. The lowest BCUT2D eigenvalue weighted by atomic mass is 9.78. The van der Waals surface area contributed by atoms with E-state index in [0.717, 1.165) is 50.5 Å². The summed E-state index contributed by atoms with van der Waals surface area (Å²) in [6.45, 7) is 5.93. The van der Waals surface area contributed by atoms with Crippen LogP contribution >= 0.6 is 0 Å². The van der Waals surface area contributed by atoms with Gasteiger partial charge in [0.1, 0.15) is 0 Å². The molecule has 3 heteroatoms. The number of rotatable bonds is 12. The lowest BCUT2D eigenvalue weighted by Crippen LogP contribution is -2.27. The maximum absolute atomic E-state index is 14.2. The van der Waals surface area contributed by atoms with E-state index >= 15 is 0 Å². The van der Waals surface area contributed by atoms with Gasteiger partial charge in [-0.3, -0.25) is 0 Å². The third-order valence-electron chi connectivity index (χ3n) is 5.81. The molecule has 0 unspecified atom stereocenters. The second kappa shape index (κ2) is 11.6. The second-order valence-electron chi connectivity index (χ2n) is 8.16. The van der Waals surface area contributed by atoms with Crippen LogP contribution in [0.1, 0.15) is 82.3 Å². The van der Waals surface area contributed by atoms with Crippen molar-refractivity contribution in [3.63, 3.8) is 0 Å². The summed E-state index contributed by atoms with van der Waals surface area (Å²) < 4.78 is 33.5. The van der Waals surface area contributed by atoms with Crippen molar-refractivity contribution in [2.75, 3.05) is 0 Å². The van der Waals surface area contributed by atoms with E-state index in [1.54, 1.807) is 0 Å². The maximum atomic E-state index is 14.2. The first-order valence-corrected chi connectivity index (χ1v) is 10.7. The fourth-order valence-electron chi connectivity index (χ4n) is 4.04. The summed E-state index contributed by atoms with van der Waals surface area (Å²) in [4.78, 5) is 0. The highest BCUT2D eigenvalue weighted by atomic mass is 19.3. The number of halogens is 2. The molecule has 0 aromatic heterocycles. The summed E-state index contributed by atoms with van der Waals surface area (Å²) in [7, 11) is 0. The largest absolute Gasteiger partial charge is 0.356 e. The molecule has 1 aromatic rings. The zero-order valence-corrected chi connectivity index (χ0v) is 16.9. The van der Waals surface area contributed by atoms with Crippen LogP contribution < -0.4 is 0 Å². The van der Waals surface area contributed by atoms with Gasteiger partial charge in [0.15, 0.2) is 0 Å². The first-order chi connectivity index (χ1) is 13.0. The van der Waals surface area contributed by atoms with Crippen molar-refractivity contribution in [2.45, 2.75) is 90.3 Å². The van der Waals surface area contributed by atoms with E-state index in [-0.39, 0.29) is 18.9 Å². The molecule has 0 aliphatic heterocycles. The molecular formula is C24H36F2O. The maximum Gasteiger partial charge on any atom is 0.356 e. The van der Waals surface area contributed by atoms with Crippen LogP contribution in [-0.4, -0.2) is 6.11 Å². The Morgan fingerprint density at radius 1 is 1.04 bits per heavy atom. The zero-order valence-electron chi connectivity index (χ0n) is 16.9. The molecule has 1 saturated carbocycles. The minimum absolute atomic E-state index is 0.0169. The molecule has 0 radical (unpaired) electrons. The lowest BCUT2D eigenvalue weighted by Gasteiger charge is -2.30. The Kier molecular flexibility index (Phi) is 9.47. The van der Waals surface area contributed by atoms with Gasteiger partial charge in [-0.1, -0.05) is 62.9 Å². The highest BCUT2D eigenvalue weighted by Gasteiger charge is 2.35. The van der Waals surface area contributed by atoms with Crippen molar-refractivity contribution in [1.82, 2.24) is 0 Å². The number of hydrogen-bond donors (Lipinski definition) is 0. The van der Waals surface area contributed by atoms with Gasteiger partial charge < -0.3 is 4.74 Å². The first kappa shape index (κ1) is 22.1. The molecule has 1 aliphatic carbocycles. The van der Waals surface area contributed by atoms with Crippen LogP contribution in [0, 0.1) is 11.8 Å². The van der Waals surface area contributed by atoms with Gasteiger partial charge >= 0.3 is 6.11 Å². The molecule has 1 nitrogen and oxygen atoms in total. The van der Waals surface area contributed by atoms with Gasteiger partial charge in [0, 0.05) is 6.42 Å². The Bertz CT molecular complexity index is 530. The van der Waals surface area contributed by atoms with Crippen molar-refractivity contribution in [3.05, 3.63) is 48.0 Å². The molecule has 0 spiro atoms. The summed E-state index contributed by atoms with van der Waals surface area (Å²) in [5.41, 5.74) is 2.09. The van der Waals surface area contributed by atoms with E-state index in [1.165, 1.54) is 24.8 Å². The molecule has 0 bridgehead atoms. The van der Waals surface area contributed by atoms with Crippen LogP contribution in [0.5, 0.6) is 0 Å². The third kappa shape index (κ3) is 8.55. The number of benzene rings is 1. The fourth-order valence-corrected chi connectivity index (χ4v) is 4.04. The summed E-state index contributed by atoms with van der Waals surface area (Å²) in [6.07, 6.45) is 9.55. The van der Waals surface area contributed by atoms with Crippen molar-refractivity contribution in [1.29, 1.82) is 0 Å². The van der Waals surface area contributed by atoms with E-state index < -0.39 is 6.11 Å². The van der Waals surface area contributed by atoms with Crippen LogP contribution in [0.2, 0.25) is 0 Å². The van der Waals surface area contributed by atoms with E-state index in [0.29, 0.717) is 5.92 Å². The Balaban J connectivity index is 1.70. The van der Waals surface area contributed by atoms with Crippen molar-refractivity contribution >= 4 is 0 Å². The van der Waals surface area contributed by atoms with Gasteiger partial charge in [0.2, 0.25) is 0 Å². The smallest absolute Gasteiger partial charge is 0.316 e. The van der Waals surface area contributed by atoms with Crippen LogP contribution in [-0.2, 0) is 17.8 Å². The molecule has 2 rings (SSSR count). The van der Waals surface area contributed by atoms with Gasteiger partial charge in [0.25, 0.3) is 0 Å². The van der Waals surface area contributed by atoms with Crippen molar-refractivity contribution in [2.24, 2.45) is 11.8 Å². The van der Waals surface area contributed by atoms with Crippen LogP contribution in [0.25, 0.3) is 0 Å². The van der Waals surface area contributed by atoms with Crippen LogP contribution in [0.4, 0.5) is 8.78 Å². The lowest BCUT2D eigenvalue weighted by molar-refractivity contribution is -0.256. The average molecular weight is 379 g/mol. The highest BCUT2D eigenvalue weighted by molar-refractivity contribution is 5.22. The molecule has 0 amide bonds. The van der Waals surface area contributed by atoms with Gasteiger partial charge in [-0.2, -0.15) is 8.78 Å². The molecule has 0 atom stereocenters. The van der Waals surface area contributed by atoms with Gasteiger partial charge in [-0.15, -0.1) is 6.58 Å². The van der Waals surface area contributed by atoms with Crippen molar-refractivity contribution in [3.8, 4) is 0 Å². The summed E-state index contributed by atoms with van der Waals surface area (Å²) in [6, 6.07) is 7.92. The number of alkyl halides is 2. The predicted octanol–water partition coefficient (Wildman–Crippen LogP) is 7.69. The minimum Gasteiger partial charge on any atom is -0.316 e.